The summed E-state index contributed by atoms with van der Waals surface area (Å²) in [6.07, 6.45) is 1.29. The van der Waals surface area contributed by atoms with Gasteiger partial charge < -0.3 is 19.7 Å². The molecule has 2 aromatic carbocycles. The molecule has 3 rings (SSSR count). The predicted molar refractivity (Wildman–Crippen MR) is 125 cm³/mol. The first-order valence-corrected chi connectivity index (χ1v) is 11.1. The third-order valence-electron chi connectivity index (χ3n) is 6.04. The summed E-state index contributed by atoms with van der Waals surface area (Å²) < 4.78 is 10.6. The number of hydrogen-bond donors (Lipinski definition) is 1. The van der Waals surface area contributed by atoms with Gasteiger partial charge in [-0.3, -0.25) is 9.59 Å². The van der Waals surface area contributed by atoms with E-state index in [0.29, 0.717) is 43.0 Å². The molecule has 1 heterocycles. The molecule has 1 unspecified atom stereocenters. The molecule has 2 aromatic rings. The van der Waals surface area contributed by atoms with Gasteiger partial charge in [0.25, 0.3) is 5.91 Å². The van der Waals surface area contributed by atoms with E-state index in [0.717, 1.165) is 5.56 Å². The number of nitrogens with zero attached hydrogens (tertiary/aromatic N) is 1. The van der Waals surface area contributed by atoms with Crippen LogP contribution in [0.3, 0.4) is 0 Å². The van der Waals surface area contributed by atoms with Gasteiger partial charge in [-0.25, -0.2) is 0 Å². The monoisotopic (exact) mass is 438 g/mol. The van der Waals surface area contributed by atoms with Crippen LogP contribution in [0.4, 0.5) is 0 Å². The Morgan fingerprint density at radius 1 is 0.969 bits per heavy atom. The first-order chi connectivity index (χ1) is 15.2. The molecule has 32 heavy (non-hydrogen) atoms. The van der Waals surface area contributed by atoms with Gasteiger partial charge in [0, 0.05) is 30.6 Å². The Labute approximate surface area is 190 Å². The van der Waals surface area contributed by atoms with Crippen molar-refractivity contribution >= 4 is 11.8 Å². The normalized spacial score (nSPS) is 15.7. The maximum absolute atomic E-state index is 13.1. The van der Waals surface area contributed by atoms with Gasteiger partial charge in [-0.2, -0.15) is 0 Å². The zero-order chi connectivity index (χ0) is 23.3. The Hall–Kier alpha value is -3.02. The fourth-order valence-electron chi connectivity index (χ4n) is 4.16. The molecule has 0 saturated carbocycles. The average Bonchev–Trinajstić information content (AvgIpc) is 2.81. The van der Waals surface area contributed by atoms with E-state index in [1.54, 1.807) is 37.3 Å². The summed E-state index contributed by atoms with van der Waals surface area (Å²) >= 11 is 0. The number of amides is 2. The zero-order valence-electron chi connectivity index (χ0n) is 19.7. The fraction of sp³-hybridized carbons (Fsp3) is 0.462. The summed E-state index contributed by atoms with van der Waals surface area (Å²) in [4.78, 5) is 27.9. The van der Waals surface area contributed by atoms with E-state index in [2.05, 4.69) is 38.2 Å². The van der Waals surface area contributed by atoms with E-state index in [4.69, 9.17) is 9.47 Å². The third kappa shape index (κ3) is 5.61. The van der Waals surface area contributed by atoms with Crippen molar-refractivity contribution in [3.63, 3.8) is 0 Å². The smallest absolute Gasteiger partial charge is 0.254 e. The molecule has 1 saturated heterocycles. The highest BCUT2D eigenvalue weighted by molar-refractivity contribution is 5.95. The lowest BCUT2D eigenvalue weighted by Gasteiger charge is -2.35. The van der Waals surface area contributed by atoms with E-state index in [9.17, 15) is 9.59 Å². The number of ether oxygens (including phenoxy) is 2. The van der Waals surface area contributed by atoms with Crippen molar-refractivity contribution in [2.45, 2.75) is 39.7 Å². The van der Waals surface area contributed by atoms with Crippen LogP contribution in [-0.4, -0.2) is 44.0 Å². The van der Waals surface area contributed by atoms with Crippen molar-refractivity contribution in [3.05, 3.63) is 59.7 Å². The zero-order valence-corrected chi connectivity index (χ0v) is 19.7. The molecule has 0 aromatic heterocycles. The topological polar surface area (TPSA) is 67.9 Å². The molecule has 1 aliphatic heterocycles. The van der Waals surface area contributed by atoms with E-state index in [1.807, 2.05) is 18.2 Å². The van der Waals surface area contributed by atoms with Crippen LogP contribution < -0.4 is 14.8 Å². The summed E-state index contributed by atoms with van der Waals surface area (Å²) in [5.74, 6) is 1.04. The van der Waals surface area contributed by atoms with Crippen LogP contribution in [0, 0.1) is 11.3 Å². The van der Waals surface area contributed by atoms with Gasteiger partial charge in [-0.15, -0.1) is 0 Å². The molecule has 6 nitrogen and oxygen atoms in total. The number of hydrogen-bond acceptors (Lipinski definition) is 4. The fourth-order valence-corrected chi connectivity index (χ4v) is 4.16. The highest BCUT2D eigenvalue weighted by Gasteiger charge is 2.33. The van der Waals surface area contributed by atoms with Gasteiger partial charge in [0.15, 0.2) is 0 Å². The molecule has 2 amide bonds. The summed E-state index contributed by atoms with van der Waals surface area (Å²) in [5, 5.41) is 3.27. The largest absolute Gasteiger partial charge is 0.497 e. The first-order valence-electron chi connectivity index (χ1n) is 11.1. The Bertz CT molecular complexity index is 906. The maximum Gasteiger partial charge on any atom is 0.254 e. The number of carbonyl (C=O) groups is 2. The van der Waals surface area contributed by atoms with Gasteiger partial charge in [-0.1, -0.05) is 51.1 Å². The average molecular weight is 439 g/mol. The maximum atomic E-state index is 13.1. The van der Waals surface area contributed by atoms with Gasteiger partial charge in [0.05, 0.1) is 20.3 Å². The van der Waals surface area contributed by atoms with Crippen molar-refractivity contribution < 1.29 is 19.1 Å². The highest BCUT2D eigenvalue weighted by atomic mass is 16.5. The molecule has 0 bridgehead atoms. The van der Waals surface area contributed by atoms with Crippen LogP contribution in [0.15, 0.2) is 48.5 Å². The second-order valence-corrected chi connectivity index (χ2v) is 9.39. The highest BCUT2D eigenvalue weighted by Crippen LogP contribution is 2.33. The van der Waals surface area contributed by atoms with Crippen LogP contribution in [0.25, 0.3) is 0 Å². The quantitative estimate of drug-likeness (QED) is 0.723. The minimum absolute atomic E-state index is 0.0592. The van der Waals surface area contributed by atoms with Crippen molar-refractivity contribution in [1.82, 2.24) is 10.2 Å². The number of nitrogens with one attached hydrogen (secondary N) is 1. The second-order valence-electron chi connectivity index (χ2n) is 9.39. The molecule has 6 heteroatoms. The van der Waals surface area contributed by atoms with Crippen molar-refractivity contribution in [2.75, 3.05) is 27.3 Å². The number of likely N-dealkylation sites (tertiary alicyclic amines) is 1. The molecule has 1 fully saturated rings. The van der Waals surface area contributed by atoms with Gasteiger partial charge in [0.2, 0.25) is 5.91 Å². The SMILES string of the molecule is COc1cc(OC)cc(C(=O)N2CCC(C(=O)NC(c3ccccc3)C(C)(C)C)CC2)c1. The number of carbonyl (C=O) groups excluding carboxylic acids is 2. The summed E-state index contributed by atoms with van der Waals surface area (Å²) in [7, 11) is 3.13. The molecule has 0 aliphatic carbocycles. The van der Waals surface area contributed by atoms with Crippen LogP contribution in [-0.2, 0) is 4.79 Å². The van der Waals surface area contributed by atoms with E-state index in [1.165, 1.54) is 0 Å². The molecule has 1 N–H and O–H groups in total. The van der Waals surface area contributed by atoms with E-state index in [-0.39, 0.29) is 29.2 Å². The first kappa shape index (κ1) is 23.6. The second kappa shape index (κ2) is 10.1. The van der Waals surface area contributed by atoms with Crippen molar-refractivity contribution in [2.24, 2.45) is 11.3 Å². The molecule has 1 aliphatic rings. The Balaban J connectivity index is 1.64. The van der Waals surface area contributed by atoms with Gasteiger partial charge in [-0.05, 0) is 36.0 Å². The van der Waals surface area contributed by atoms with Crippen LogP contribution >= 0.6 is 0 Å². The van der Waals surface area contributed by atoms with Crippen LogP contribution in [0.1, 0.15) is 55.6 Å². The summed E-state index contributed by atoms with van der Waals surface area (Å²) in [6.45, 7) is 7.49. The van der Waals surface area contributed by atoms with Crippen LogP contribution in [0.2, 0.25) is 0 Å². The lowest BCUT2D eigenvalue weighted by atomic mass is 9.81. The number of methoxy groups -OCH3 is 2. The van der Waals surface area contributed by atoms with Crippen LogP contribution in [0.5, 0.6) is 11.5 Å². The molecular formula is C26H34N2O4. The lowest BCUT2D eigenvalue weighted by molar-refractivity contribution is -0.127. The molecule has 172 valence electrons. The lowest BCUT2D eigenvalue weighted by Crippen LogP contribution is -2.45. The van der Waals surface area contributed by atoms with Gasteiger partial charge in [0.1, 0.15) is 11.5 Å². The predicted octanol–water partition coefficient (Wildman–Crippen LogP) is 4.46. The standard InChI is InChI=1S/C26H34N2O4/c1-26(2,3)23(18-9-7-6-8-10-18)27-24(29)19-11-13-28(14-12-19)25(30)20-15-21(31-4)17-22(16-20)32-5/h6-10,15-17,19,23H,11-14H2,1-5H3,(H,27,29). The molecule has 0 radical (unpaired) electrons. The molecular weight excluding hydrogens is 404 g/mol. The summed E-state index contributed by atoms with van der Waals surface area (Å²) in [6, 6.07) is 15.2. The molecule has 1 atom stereocenters. The Kier molecular flexibility index (Phi) is 7.44. The summed E-state index contributed by atoms with van der Waals surface area (Å²) in [5.41, 5.74) is 1.52. The van der Waals surface area contributed by atoms with E-state index >= 15 is 0 Å². The Morgan fingerprint density at radius 2 is 1.53 bits per heavy atom. The minimum atomic E-state index is -0.112. The number of benzene rings is 2. The molecule has 0 spiro atoms. The van der Waals surface area contributed by atoms with Crippen molar-refractivity contribution in [3.8, 4) is 11.5 Å². The minimum Gasteiger partial charge on any atom is -0.497 e. The van der Waals surface area contributed by atoms with Crippen molar-refractivity contribution in [1.29, 1.82) is 0 Å². The Morgan fingerprint density at radius 3 is 2.03 bits per heavy atom. The third-order valence-corrected chi connectivity index (χ3v) is 6.04. The van der Waals surface area contributed by atoms with E-state index < -0.39 is 0 Å². The number of rotatable bonds is 6. The van der Waals surface area contributed by atoms with Gasteiger partial charge >= 0.3 is 0 Å². The number of piperidine rings is 1.